The molecule has 3 nitrogen and oxygen atoms in total. The minimum atomic E-state index is -1.21. The van der Waals surface area contributed by atoms with Crippen molar-refractivity contribution >= 4 is 5.97 Å². The summed E-state index contributed by atoms with van der Waals surface area (Å²) in [4.78, 5) is 10.8. The number of benzene rings is 2. The molecule has 0 heterocycles. The van der Waals surface area contributed by atoms with Crippen LogP contribution >= 0.6 is 0 Å². The smallest absolute Gasteiger partial charge is 0.335 e. The number of carbonyl (C=O) groups is 1. The Balaban J connectivity index is 2.14. The van der Waals surface area contributed by atoms with Crippen LogP contribution in [0, 0.1) is 18.6 Å². The molecule has 0 amide bonds. The summed E-state index contributed by atoms with van der Waals surface area (Å²) in [6.07, 6.45) is 0. The van der Waals surface area contributed by atoms with Gasteiger partial charge in [0.1, 0.15) is 24.0 Å². The molecule has 0 spiro atoms. The second-order valence-electron chi connectivity index (χ2n) is 4.35. The van der Waals surface area contributed by atoms with Crippen LogP contribution in [0.2, 0.25) is 0 Å². The largest absolute Gasteiger partial charge is 0.489 e. The molecule has 5 heteroatoms. The van der Waals surface area contributed by atoms with Crippen LogP contribution in [-0.4, -0.2) is 11.1 Å². The molecule has 2 rings (SSSR count). The average Bonchev–Trinajstić information content (AvgIpc) is 2.39. The highest BCUT2D eigenvalue weighted by molar-refractivity contribution is 5.87. The highest BCUT2D eigenvalue weighted by atomic mass is 19.1. The van der Waals surface area contributed by atoms with Gasteiger partial charge in [0.15, 0.2) is 0 Å². The molecule has 1 N–H and O–H groups in total. The van der Waals surface area contributed by atoms with E-state index in [9.17, 15) is 13.6 Å². The third kappa shape index (κ3) is 3.32. The number of aromatic carboxylic acids is 1. The Hall–Kier alpha value is -2.43. The van der Waals surface area contributed by atoms with Gasteiger partial charge in [0.25, 0.3) is 0 Å². The topological polar surface area (TPSA) is 46.5 Å². The zero-order valence-electron chi connectivity index (χ0n) is 10.7. The first kappa shape index (κ1) is 14.0. The quantitative estimate of drug-likeness (QED) is 0.930. The van der Waals surface area contributed by atoms with E-state index in [0.717, 1.165) is 6.07 Å². The van der Waals surface area contributed by atoms with Gasteiger partial charge in [0.05, 0.1) is 5.56 Å². The van der Waals surface area contributed by atoms with Gasteiger partial charge >= 0.3 is 5.97 Å². The molecule has 0 aliphatic rings. The predicted molar refractivity (Wildman–Crippen MR) is 68.8 cm³/mol. The summed E-state index contributed by atoms with van der Waals surface area (Å²) < 4.78 is 31.7. The fraction of sp³-hybridized carbons (Fsp3) is 0.133. The molecule has 0 radical (unpaired) electrons. The molecule has 0 bridgehead atoms. The van der Waals surface area contributed by atoms with Crippen molar-refractivity contribution in [3.63, 3.8) is 0 Å². The van der Waals surface area contributed by atoms with Gasteiger partial charge in [-0.25, -0.2) is 13.6 Å². The zero-order valence-corrected chi connectivity index (χ0v) is 10.7. The van der Waals surface area contributed by atoms with Gasteiger partial charge in [0.2, 0.25) is 0 Å². The van der Waals surface area contributed by atoms with Gasteiger partial charge in [-0.2, -0.15) is 0 Å². The van der Waals surface area contributed by atoms with Crippen LogP contribution in [0.1, 0.15) is 21.5 Å². The molecule has 2 aromatic rings. The molecule has 2 aromatic carbocycles. The van der Waals surface area contributed by atoms with Gasteiger partial charge in [-0.1, -0.05) is 0 Å². The van der Waals surface area contributed by atoms with Crippen molar-refractivity contribution in [3.8, 4) is 5.75 Å². The van der Waals surface area contributed by atoms with Crippen LogP contribution in [0.15, 0.2) is 36.4 Å². The summed E-state index contributed by atoms with van der Waals surface area (Å²) in [5, 5.41) is 8.84. The number of halogens is 2. The van der Waals surface area contributed by atoms with E-state index < -0.39 is 11.8 Å². The number of aryl methyl sites for hydroxylation is 1. The van der Waals surface area contributed by atoms with E-state index in [1.807, 2.05) is 0 Å². The third-order valence-corrected chi connectivity index (χ3v) is 2.74. The Morgan fingerprint density at radius 1 is 1.20 bits per heavy atom. The normalized spacial score (nSPS) is 10.3. The maximum absolute atomic E-state index is 13.3. The minimum absolute atomic E-state index is 0.00309. The highest BCUT2D eigenvalue weighted by Gasteiger charge is 2.08. The van der Waals surface area contributed by atoms with Crippen molar-refractivity contribution in [3.05, 3.63) is 64.7 Å². The fourth-order valence-electron chi connectivity index (χ4n) is 1.73. The molecule has 104 valence electrons. The number of rotatable bonds is 4. The molecule has 0 atom stereocenters. The first-order valence-corrected chi connectivity index (χ1v) is 5.87. The molecule has 0 aliphatic carbocycles. The molecule has 0 fully saturated rings. The van der Waals surface area contributed by atoms with E-state index in [2.05, 4.69) is 0 Å². The minimum Gasteiger partial charge on any atom is -0.489 e. The summed E-state index contributed by atoms with van der Waals surface area (Å²) in [5.41, 5.74) is 0.691. The zero-order chi connectivity index (χ0) is 14.7. The van der Waals surface area contributed by atoms with Crippen molar-refractivity contribution in [1.29, 1.82) is 0 Å². The van der Waals surface area contributed by atoms with Gasteiger partial charge in [0, 0.05) is 0 Å². The molecule has 0 aromatic heterocycles. The number of hydrogen-bond donors (Lipinski definition) is 1. The highest BCUT2D eigenvalue weighted by Crippen LogP contribution is 2.18. The molecular formula is C15H12F2O3. The lowest BCUT2D eigenvalue weighted by atomic mass is 10.1. The van der Waals surface area contributed by atoms with Gasteiger partial charge in [-0.05, 0) is 54.4 Å². The third-order valence-electron chi connectivity index (χ3n) is 2.74. The summed E-state index contributed by atoms with van der Waals surface area (Å²) >= 11 is 0. The van der Waals surface area contributed by atoms with Crippen molar-refractivity contribution in [1.82, 2.24) is 0 Å². The van der Waals surface area contributed by atoms with Crippen LogP contribution in [0.5, 0.6) is 5.75 Å². The van der Waals surface area contributed by atoms with Crippen LogP contribution in [0.3, 0.4) is 0 Å². The van der Waals surface area contributed by atoms with E-state index in [0.29, 0.717) is 16.9 Å². The lowest BCUT2D eigenvalue weighted by Crippen LogP contribution is -2.02. The molecule has 0 aliphatic heterocycles. The Morgan fingerprint density at radius 2 is 1.95 bits per heavy atom. The lowest BCUT2D eigenvalue weighted by Gasteiger charge is -2.08. The SMILES string of the molecule is Cc1cc(OCc2cc(F)cc(C(=O)O)c2)ccc1F. The van der Waals surface area contributed by atoms with E-state index in [1.165, 1.54) is 30.3 Å². The van der Waals surface area contributed by atoms with Crippen LogP contribution in [-0.2, 0) is 6.61 Å². The van der Waals surface area contributed by atoms with Gasteiger partial charge < -0.3 is 9.84 Å². The van der Waals surface area contributed by atoms with Crippen LogP contribution < -0.4 is 4.74 Å². The van der Waals surface area contributed by atoms with Crippen molar-refractivity contribution in [2.45, 2.75) is 13.5 Å². The van der Waals surface area contributed by atoms with Crippen molar-refractivity contribution in [2.24, 2.45) is 0 Å². The fourth-order valence-corrected chi connectivity index (χ4v) is 1.73. The molecule has 0 saturated heterocycles. The van der Waals surface area contributed by atoms with Crippen LogP contribution in [0.4, 0.5) is 8.78 Å². The molecule has 0 saturated carbocycles. The first-order valence-electron chi connectivity index (χ1n) is 5.87. The van der Waals surface area contributed by atoms with Gasteiger partial charge in [-0.15, -0.1) is 0 Å². The number of carboxylic acids is 1. The maximum atomic E-state index is 13.3. The standard InChI is InChI=1S/C15H12F2O3/c1-9-4-13(2-3-14(9)17)20-8-10-5-11(15(18)19)7-12(16)6-10/h2-7H,8H2,1H3,(H,18,19). The maximum Gasteiger partial charge on any atom is 0.335 e. The Morgan fingerprint density at radius 3 is 2.60 bits per heavy atom. The second-order valence-corrected chi connectivity index (χ2v) is 4.35. The molecular weight excluding hydrogens is 266 g/mol. The number of carboxylic acid groups (broad SMARTS) is 1. The Bertz CT molecular complexity index is 654. The monoisotopic (exact) mass is 278 g/mol. The van der Waals surface area contributed by atoms with Crippen molar-refractivity contribution < 1.29 is 23.4 Å². The van der Waals surface area contributed by atoms with E-state index >= 15 is 0 Å². The van der Waals surface area contributed by atoms with Gasteiger partial charge in [-0.3, -0.25) is 0 Å². The van der Waals surface area contributed by atoms with E-state index in [-0.39, 0.29) is 18.0 Å². The predicted octanol–water partition coefficient (Wildman–Crippen LogP) is 3.55. The average molecular weight is 278 g/mol. The summed E-state index contributed by atoms with van der Waals surface area (Å²) in [6.45, 7) is 1.61. The van der Waals surface area contributed by atoms with E-state index in [4.69, 9.17) is 9.84 Å². The summed E-state index contributed by atoms with van der Waals surface area (Å²) in [7, 11) is 0. The first-order chi connectivity index (χ1) is 9.45. The number of ether oxygens (including phenoxy) is 1. The molecule has 0 unspecified atom stereocenters. The van der Waals surface area contributed by atoms with E-state index in [1.54, 1.807) is 6.92 Å². The second kappa shape index (κ2) is 5.69. The van der Waals surface area contributed by atoms with Crippen molar-refractivity contribution in [2.75, 3.05) is 0 Å². The summed E-state index contributed by atoms with van der Waals surface area (Å²) in [5.74, 6) is -1.75. The Kier molecular flexibility index (Phi) is 3.98. The lowest BCUT2D eigenvalue weighted by molar-refractivity contribution is 0.0696. The number of hydrogen-bond acceptors (Lipinski definition) is 2. The van der Waals surface area contributed by atoms with Crippen LogP contribution in [0.25, 0.3) is 0 Å². The molecule has 20 heavy (non-hydrogen) atoms. The summed E-state index contributed by atoms with van der Waals surface area (Å²) in [6, 6.07) is 7.73. The Labute approximate surface area is 114 Å².